The minimum atomic E-state index is -0.0634. The van der Waals surface area contributed by atoms with Crippen molar-refractivity contribution in [2.24, 2.45) is 11.8 Å². The molecule has 2 rings (SSSR count). The molecule has 0 aromatic rings. The normalized spacial score (nSPS) is 33.0. The third kappa shape index (κ3) is 2.29. The molecule has 0 aliphatic heterocycles. The average molecular weight is 222 g/mol. The number of hydrogen-bond acceptors (Lipinski definition) is 2. The Balaban J connectivity index is 1.73. The highest BCUT2D eigenvalue weighted by Gasteiger charge is 2.41. The molecule has 90 valence electrons. The van der Waals surface area contributed by atoms with Crippen molar-refractivity contribution in [2.45, 2.75) is 45.2 Å². The van der Waals surface area contributed by atoms with Gasteiger partial charge < -0.3 is 10.6 Å². The van der Waals surface area contributed by atoms with E-state index in [9.17, 15) is 4.79 Å². The van der Waals surface area contributed by atoms with Crippen molar-refractivity contribution in [2.75, 3.05) is 6.54 Å². The first-order chi connectivity index (χ1) is 7.72. The molecule has 3 heteroatoms. The molecule has 0 aromatic heterocycles. The lowest BCUT2D eigenvalue weighted by atomic mass is 9.71. The number of amides is 1. The zero-order valence-corrected chi connectivity index (χ0v) is 10.2. The molecule has 2 aliphatic rings. The van der Waals surface area contributed by atoms with E-state index in [0.717, 1.165) is 18.9 Å². The minimum absolute atomic E-state index is 0.0634. The number of nitrogens with one attached hydrogen (secondary N) is 2. The van der Waals surface area contributed by atoms with E-state index in [4.69, 9.17) is 0 Å². The highest BCUT2D eigenvalue weighted by atomic mass is 16.2. The molecule has 1 amide bonds. The van der Waals surface area contributed by atoms with Crippen molar-refractivity contribution >= 4 is 5.91 Å². The van der Waals surface area contributed by atoms with Gasteiger partial charge in [-0.25, -0.2) is 0 Å². The van der Waals surface area contributed by atoms with Gasteiger partial charge in [-0.15, -0.1) is 0 Å². The summed E-state index contributed by atoms with van der Waals surface area (Å²) < 4.78 is 0. The van der Waals surface area contributed by atoms with E-state index in [1.807, 2.05) is 6.92 Å². The van der Waals surface area contributed by atoms with Crippen molar-refractivity contribution in [1.82, 2.24) is 10.6 Å². The largest absolute Gasteiger partial charge is 0.355 e. The summed E-state index contributed by atoms with van der Waals surface area (Å²) in [5.74, 6) is 1.66. The van der Waals surface area contributed by atoms with Crippen molar-refractivity contribution in [3.8, 4) is 0 Å². The topological polar surface area (TPSA) is 41.1 Å². The average Bonchev–Trinajstić information content (AvgIpc) is 2.63. The van der Waals surface area contributed by atoms with E-state index in [1.165, 1.54) is 12.8 Å². The number of allylic oxidation sites excluding steroid dienone is 1. The van der Waals surface area contributed by atoms with Crippen LogP contribution in [0.3, 0.4) is 0 Å². The second kappa shape index (κ2) is 5.00. The monoisotopic (exact) mass is 222 g/mol. The number of carbonyl (C=O) groups excluding carboxylic acids is 1. The molecular formula is C13H22N2O. The summed E-state index contributed by atoms with van der Waals surface area (Å²) >= 11 is 0. The van der Waals surface area contributed by atoms with Crippen LogP contribution in [0.1, 0.15) is 33.1 Å². The maximum absolute atomic E-state index is 11.7. The van der Waals surface area contributed by atoms with Gasteiger partial charge in [-0.1, -0.05) is 19.1 Å². The van der Waals surface area contributed by atoms with Gasteiger partial charge in [-0.3, -0.25) is 4.79 Å². The highest BCUT2D eigenvalue weighted by Crippen LogP contribution is 2.42. The molecule has 4 atom stereocenters. The number of rotatable bonds is 5. The lowest BCUT2D eigenvalue weighted by Gasteiger charge is -2.42. The molecule has 4 unspecified atom stereocenters. The first-order valence-corrected chi connectivity index (χ1v) is 6.42. The van der Waals surface area contributed by atoms with Gasteiger partial charge in [0.2, 0.25) is 5.91 Å². The first-order valence-electron chi connectivity index (χ1n) is 6.42. The van der Waals surface area contributed by atoms with Crippen LogP contribution >= 0.6 is 0 Å². The molecular weight excluding hydrogens is 200 g/mol. The van der Waals surface area contributed by atoms with Crippen molar-refractivity contribution in [3.63, 3.8) is 0 Å². The minimum Gasteiger partial charge on any atom is -0.355 e. The zero-order valence-electron chi connectivity index (χ0n) is 10.2. The van der Waals surface area contributed by atoms with Crippen LogP contribution < -0.4 is 10.6 Å². The number of carbonyl (C=O) groups is 1. The fraction of sp³-hybridized carbons (Fsp3) is 0.769. The number of hydrogen-bond donors (Lipinski definition) is 2. The standard InChI is InChI=1S/C13H22N2O/c1-3-7-14-13(16)9(2)15-12-8-10-5-4-6-11(10)12/h4,6,9-12,15H,3,5,7-8H2,1-2H3,(H,14,16). The van der Waals surface area contributed by atoms with Gasteiger partial charge in [0.1, 0.15) is 0 Å². The molecule has 2 N–H and O–H groups in total. The second-order valence-electron chi connectivity index (χ2n) is 5.02. The smallest absolute Gasteiger partial charge is 0.236 e. The van der Waals surface area contributed by atoms with Gasteiger partial charge >= 0.3 is 0 Å². The molecule has 16 heavy (non-hydrogen) atoms. The Morgan fingerprint density at radius 1 is 1.56 bits per heavy atom. The molecule has 3 nitrogen and oxygen atoms in total. The van der Waals surface area contributed by atoms with Crippen molar-refractivity contribution < 1.29 is 4.79 Å². The molecule has 0 bridgehead atoms. The molecule has 0 radical (unpaired) electrons. The maximum atomic E-state index is 11.7. The second-order valence-corrected chi connectivity index (χ2v) is 5.02. The van der Waals surface area contributed by atoms with Gasteiger partial charge in [-0.05, 0) is 38.0 Å². The first kappa shape index (κ1) is 11.6. The quantitative estimate of drug-likeness (QED) is 0.691. The van der Waals surface area contributed by atoms with E-state index in [0.29, 0.717) is 12.0 Å². The van der Waals surface area contributed by atoms with Crippen LogP contribution in [0.25, 0.3) is 0 Å². The van der Waals surface area contributed by atoms with E-state index < -0.39 is 0 Å². The Morgan fingerprint density at radius 3 is 3.06 bits per heavy atom. The third-order valence-corrected chi connectivity index (χ3v) is 3.77. The highest BCUT2D eigenvalue weighted by molar-refractivity contribution is 5.81. The summed E-state index contributed by atoms with van der Waals surface area (Å²) in [6.45, 7) is 4.80. The van der Waals surface area contributed by atoms with E-state index in [1.54, 1.807) is 0 Å². The summed E-state index contributed by atoms with van der Waals surface area (Å²) in [4.78, 5) is 11.7. The molecule has 0 heterocycles. The third-order valence-electron chi connectivity index (χ3n) is 3.77. The van der Waals surface area contributed by atoms with Crippen LogP contribution in [0.4, 0.5) is 0 Å². The Morgan fingerprint density at radius 2 is 2.38 bits per heavy atom. The summed E-state index contributed by atoms with van der Waals surface area (Å²) in [5, 5.41) is 6.36. The molecule has 0 spiro atoms. The predicted octanol–water partition coefficient (Wildman–Crippen LogP) is 1.46. The van der Waals surface area contributed by atoms with E-state index in [-0.39, 0.29) is 11.9 Å². The van der Waals surface area contributed by atoms with Crippen LogP contribution in [0, 0.1) is 11.8 Å². The fourth-order valence-corrected chi connectivity index (χ4v) is 2.71. The van der Waals surface area contributed by atoms with Gasteiger partial charge in [0, 0.05) is 12.6 Å². The van der Waals surface area contributed by atoms with Crippen LogP contribution in [0.15, 0.2) is 12.2 Å². The summed E-state index contributed by atoms with van der Waals surface area (Å²) in [6.07, 6.45) is 8.04. The van der Waals surface area contributed by atoms with E-state index >= 15 is 0 Å². The fourth-order valence-electron chi connectivity index (χ4n) is 2.71. The summed E-state index contributed by atoms with van der Waals surface area (Å²) in [7, 11) is 0. The Bertz CT molecular complexity index is 288. The summed E-state index contributed by atoms with van der Waals surface area (Å²) in [5.41, 5.74) is 0. The Labute approximate surface area is 97.7 Å². The van der Waals surface area contributed by atoms with Crippen LogP contribution in [-0.2, 0) is 4.79 Å². The van der Waals surface area contributed by atoms with Gasteiger partial charge in [0.05, 0.1) is 6.04 Å². The van der Waals surface area contributed by atoms with Crippen molar-refractivity contribution in [3.05, 3.63) is 12.2 Å². The Kier molecular flexibility index (Phi) is 3.64. The van der Waals surface area contributed by atoms with Crippen molar-refractivity contribution in [1.29, 1.82) is 0 Å². The van der Waals surface area contributed by atoms with Gasteiger partial charge in [0.15, 0.2) is 0 Å². The molecule has 0 saturated heterocycles. The zero-order chi connectivity index (χ0) is 11.5. The van der Waals surface area contributed by atoms with Gasteiger partial charge in [-0.2, -0.15) is 0 Å². The Hall–Kier alpha value is -0.830. The molecule has 1 fully saturated rings. The number of fused-ring (bicyclic) bond motifs is 1. The molecule has 1 saturated carbocycles. The van der Waals surface area contributed by atoms with Gasteiger partial charge in [0.25, 0.3) is 0 Å². The SMILES string of the molecule is CCCNC(=O)C(C)NC1CC2CC=CC21. The van der Waals surface area contributed by atoms with Crippen LogP contribution in [0.5, 0.6) is 0 Å². The van der Waals surface area contributed by atoms with E-state index in [2.05, 4.69) is 29.7 Å². The lowest BCUT2D eigenvalue weighted by Crippen LogP contribution is -2.55. The molecule has 2 aliphatic carbocycles. The van der Waals surface area contributed by atoms with Crippen LogP contribution in [-0.4, -0.2) is 24.5 Å². The maximum Gasteiger partial charge on any atom is 0.236 e. The lowest BCUT2D eigenvalue weighted by molar-refractivity contribution is -0.123. The predicted molar refractivity (Wildman–Crippen MR) is 65.0 cm³/mol. The molecule has 0 aromatic carbocycles. The summed E-state index contributed by atoms with van der Waals surface area (Å²) in [6, 6.07) is 0.456. The van der Waals surface area contributed by atoms with Crippen LogP contribution in [0.2, 0.25) is 0 Å².